The first kappa shape index (κ1) is 27.4. The van der Waals surface area contributed by atoms with E-state index in [1.165, 1.54) is 5.56 Å². The van der Waals surface area contributed by atoms with Crippen LogP contribution in [0.15, 0.2) is 73.1 Å². The SMILES string of the molecule is CCN(c1ccnc(NC(=O)c2ccc(CN3CCN(C)[C@H](C)C3)cc2)c1)c1ccc2c(ccn2C(=O)NC)c1. The van der Waals surface area contributed by atoms with E-state index >= 15 is 0 Å². The van der Waals surface area contributed by atoms with Crippen molar-refractivity contribution in [3.63, 3.8) is 0 Å². The van der Waals surface area contributed by atoms with Crippen LogP contribution >= 0.6 is 0 Å². The molecular formula is C31H37N7O2. The average Bonchev–Trinajstić information content (AvgIpc) is 3.39. The molecule has 1 aliphatic rings. The quantitative estimate of drug-likeness (QED) is 0.352. The van der Waals surface area contributed by atoms with E-state index in [4.69, 9.17) is 0 Å². The molecule has 208 valence electrons. The Bertz CT molecular complexity index is 1500. The van der Waals surface area contributed by atoms with Crippen LogP contribution in [0.3, 0.4) is 0 Å². The Hall–Kier alpha value is -4.21. The van der Waals surface area contributed by atoms with Crippen molar-refractivity contribution < 1.29 is 9.59 Å². The molecule has 5 rings (SSSR count). The molecule has 1 saturated heterocycles. The molecule has 0 bridgehead atoms. The van der Waals surface area contributed by atoms with Gasteiger partial charge in [-0.1, -0.05) is 12.1 Å². The Morgan fingerprint density at radius 1 is 1.02 bits per heavy atom. The largest absolute Gasteiger partial charge is 0.342 e. The molecule has 2 amide bonds. The predicted octanol–water partition coefficient (Wildman–Crippen LogP) is 4.77. The summed E-state index contributed by atoms with van der Waals surface area (Å²) in [5.74, 6) is 0.299. The first-order chi connectivity index (χ1) is 19.4. The molecule has 9 heteroatoms. The maximum absolute atomic E-state index is 13.0. The number of aromatic nitrogens is 2. The van der Waals surface area contributed by atoms with E-state index in [9.17, 15) is 9.59 Å². The molecule has 40 heavy (non-hydrogen) atoms. The third kappa shape index (κ3) is 5.85. The Balaban J connectivity index is 1.27. The molecule has 4 aromatic rings. The number of pyridine rings is 1. The summed E-state index contributed by atoms with van der Waals surface area (Å²) < 4.78 is 1.59. The van der Waals surface area contributed by atoms with Gasteiger partial charge in [-0.05, 0) is 68.9 Å². The monoisotopic (exact) mass is 539 g/mol. The highest BCUT2D eigenvalue weighted by molar-refractivity contribution is 6.04. The number of carbonyl (C=O) groups is 2. The van der Waals surface area contributed by atoms with Gasteiger partial charge in [0.15, 0.2) is 0 Å². The van der Waals surface area contributed by atoms with Crippen molar-refractivity contribution in [1.82, 2.24) is 24.7 Å². The fourth-order valence-corrected chi connectivity index (χ4v) is 5.24. The molecule has 1 atom stereocenters. The van der Waals surface area contributed by atoms with E-state index in [-0.39, 0.29) is 11.9 Å². The maximum atomic E-state index is 13.0. The summed E-state index contributed by atoms with van der Waals surface area (Å²) in [4.78, 5) is 36.5. The van der Waals surface area contributed by atoms with Crippen LogP contribution in [0.4, 0.5) is 22.0 Å². The van der Waals surface area contributed by atoms with Gasteiger partial charge in [-0.15, -0.1) is 0 Å². The smallest absolute Gasteiger partial charge is 0.325 e. The third-order valence-corrected chi connectivity index (χ3v) is 7.70. The van der Waals surface area contributed by atoms with E-state index in [0.29, 0.717) is 24.0 Å². The first-order valence-electron chi connectivity index (χ1n) is 13.8. The van der Waals surface area contributed by atoms with Crippen LogP contribution in [0, 0.1) is 0 Å². The molecule has 1 fully saturated rings. The Labute approximate surface area is 235 Å². The minimum absolute atomic E-state index is 0.177. The van der Waals surface area contributed by atoms with Crippen LogP contribution in [0.25, 0.3) is 10.9 Å². The minimum atomic E-state index is -0.190. The highest BCUT2D eigenvalue weighted by Crippen LogP contribution is 2.30. The highest BCUT2D eigenvalue weighted by atomic mass is 16.2. The van der Waals surface area contributed by atoms with Crippen LogP contribution in [0.2, 0.25) is 0 Å². The summed E-state index contributed by atoms with van der Waals surface area (Å²) in [5, 5.41) is 6.58. The van der Waals surface area contributed by atoms with Gasteiger partial charge in [-0.25, -0.2) is 9.78 Å². The number of piperazine rings is 1. The van der Waals surface area contributed by atoms with E-state index in [1.807, 2.05) is 54.6 Å². The number of carbonyl (C=O) groups excluding carboxylic acids is 2. The Morgan fingerprint density at radius 3 is 2.52 bits per heavy atom. The number of nitrogens with zero attached hydrogens (tertiary/aromatic N) is 5. The standard InChI is InChI=1S/C31H37N7O2/c1-5-37(26-10-11-28-25(18-26)13-15-38(28)31(40)32-3)27-12-14-33-29(19-27)34-30(39)24-8-6-23(7-9-24)21-36-17-16-35(4)22(2)20-36/h6-15,18-19,22H,5,16-17,20-21H2,1-4H3,(H,32,40)(H,33,34,39)/t22-/m1/s1. The number of hydrogen-bond acceptors (Lipinski definition) is 6. The van der Waals surface area contributed by atoms with Crippen molar-refractivity contribution in [1.29, 1.82) is 0 Å². The third-order valence-electron chi connectivity index (χ3n) is 7.70. The number of amides is 2. The molecule has 0 radical (unpaired) electrons. The van der Waals surface area contributed by atoms with Crippen molar-refractivity contribution in [3.05, 3.63) is 84.2 Å². The lowest BCUT2D eigenvalue weighted by Gasteiger charge is -2.37. The molecule has 0 aliphatic carbocycles. The first-order valence-corrected chi connectivity index (χ1v) is 13.8. The maximum Gasteiger partial charge on any atom is 0.325 e. The Morgan fingerprint density at radius 2 is 1.80 bits per heavy atom. The predicted molar refractivity (Wildman–Crippen MR) is 160 cm³/mol. The summed E-state index contributed by atoms with van der Waals surface area (Å²) in [7, 11) is 3.79. The fraction of sp³-hybridized carbons (Fsp3) is 0.323. The number of hydrogen-bond donors (Lipinski definition) is 2. The van der Waals surface area contributed by atoms with Crippen molar-refractivity contribution in [2.45, 2.75) is 26.4 Å². The lowest BCUT2D eigenvalue weighted by Crippen LogP contribution is -2.49. The molecule has 0 spiro atoms. The number of anilines is 3. The molecule has 2 aromatic heterocycles. The summed E-state index contributed by atoms with van der Waals surface area (Å²) in [6.45, 7) is 9.10. The van der Waals surface area contributed by atoms with Gasteiger partial charge in [0, 0.05) is 86.6 Å². The normalized spacial score (nSPS) is 16.1. The van der Waals surface area contributed by atoms with Gasteiger partial charge >= 0.3 is 6.03 Å². The molecule has 9 nitrogen and oxygen atoms in total. The number of fused-ring (bicyclic) bond motifs is 1. The molecular weight excluding hydrogens is 502 g/mol. The molecule has 0 unspecified atom stereocenters. The minimum Gasteiger partial charge on any atom is -0.342 e. The zero-order valence-corrected chi connectivity index (χ0v) is 23.6. The van der Waals surface area contributed by atoms with E-state index < -0.39 is 0 Å². The zero-order chi connectivity index (χ0) is 28.2. The number of benzene rings is 2. The van der Waals surface area contributed by atoms with Crippen molar-refractivity contribution in [3.8, 4) is 0 Å². The van der Waals surface area contributed by atoms with Gasteiger partial charge in [0.25, 0.3) is 5.91 Å². The topological polar surface area (TPSA) is 85.7 Å². The molecule has 2 aromatic carbocycles. The Kier molecular flexibility index (Phi) is 8.14. The van der Waals surface area contributed by atoms with Crippen LogP contribution in [0.1, 0.15) is 29.8 Å². The molecule has 2 N–H and O–H groups in total. The summed E-state index contributed by atoms with van der Waals surface area (Å²) in [6, 6.07) is 19.9. The van der Waals surface area contributed by atoms with E-state index in [1.54, 1.807) is 24.0 Å². The summed E-state index contributed by atoms with van der Waals surface area (Å²) in [5.41, 5.74) is 4.54. The number of nitrogens with one attached hydrogen (secondary N) is 2. The summed E-state index contributed by atoms with van der Waals surface area (Å²) >= 11 is 0. The second-order valence-electron chi connectivity index (χ2n) is 10.3. The van der Waals surface area contributed by atoms with Crippen LogP contribution < -0.4 is 15.5 Å². The van der Waals surface area contributed by atoms with Gasteiger partial charge in [-0.3, -0.25) is 14.3 Å². The lowest BCUT2D eigenvalue weighted by molar-refractivity contribution is 0.0999. The van der Waals surface area contributed by atoms with Crippen molar-refractivity contribution in [2.75, 3.05) is 50.5 Å². The molecule has 0 saturated carbocycles. The number of likely N-dealkylation sites (N-methyl/N-ethyl adjacent to an activating group) is 1. The molecule has 3 heterocycles. The zero-order valence-electron chi connectivity index (χ0n) is 23.6. The molecule has 1 aliphatic heterocycles. The van der Waals surface area contributed by atoms with Gasteiger partial charge < -0.3 is 20.4 Å². The van der Waals surface area contributed by atoms with E-state index in [2.05, 4.69) is 57.3 Å². The lowest BCUT2D eigenvalue weighted by atomic mass is 10.1. The van der Waals surface area contributed by atoms with Crippen LogP contribution in [-0.2, 0) is 6.54 Å². The van der Waals surface area contributed by atoms with Crippen LogP contribution in [0.5, 0.6) is 0 Å². The van der Waals surface area contributed by atoms with Crippen molar-refractivity contribution >= 4 is 40.0 Å². The second-order valence-corrected chi connectivity index (χ2v) is 10.3. The average molecular weight is 540 g/mol. The van der Waals surface area contributed by atoms with Gasteiger partial charge in [0.05, 0.1) is 5.52 Å². The summed E-state index contributed by atoms with van der Waals surface area (Å²) in [6.07, 6.45) is 3.47. The van der Waals surface area contributed by atoms with Crippen LogP contribution in [-0.4, -0.2) is 77.6 Å². The van der Waals surface area contributed by atoms with Gasteiger partial charge in [0.1, 0.15) is 5.82 Å². The highest BCUT2D eigenvalue weighted by Gasteiger charge is 2.20. The van der Waals surface area contributed by atoms with Crippen molar-refractivity contribution in [2.24, 2.45) is 0 Å². The number of rotatable bonds is 7. The van der Waals surface area contributed by atoms with Gasteiger partial charge in [0.2, 0.25) is 0 Å². The van der Waals surface area contributed by atoms with Gasteiger partial charge in [-0.2, -0.15) is 0 Å². The van der Waals surface area contributed by atoms with E-state index in [0.717, 1.165) is 48.5 Å². The second kappa shape index (κ2) is 11.9. The fourth-order valence-electron chi connectivity index (χ4n) is 5.24.